The largest absolute Gasteiger partial charge is 0.379 e. The van der Waals surface area contributed by atoms with Gasteiger partial charge in [0.05, 0.1) is 13.2 Å². The van der Waals surface area contributed by atoms with Crippen molar-refractivity contribution in [1.82, 2.24) is 4.90 Å². The molecule has 2 atom stereocenters. The molecule has 3 heteroatoms. The molecule has 1 aromatic carbocycles. The minimum atomic E-state index is 0.431. The van der Waals surface area contributed by atoms with Crippen LogP contribution in [0.15, 0.2) is 30.3 Å². The first kappa shape index (κ1) is 12.6. The second-order valence-electron chi connectivity index (χ2n) is 4.67. The van der Waals surface area contributed by atoms with Gasteiger partial charge >= 0.3 is 0 Å². The fourth-order valence-electron chi connectivity index (χ4n) is 2.56. The molecule has 0 aliphatic carbocycles. The Hall–Kier alpha value is -0.900. The third kappa shape index (κ3) is 3.06. The number of benzene rings is 1. The zero-order valence-corrected chi connectivity index (χ0v) is 10.5. The molecule has 0 saturated carbocycles. The molecule has 0 bridgehead atoms. The molecule has 0 radical (unpaired) electrons. The van der Waals surface area contributed by atoms with Gasteiger partial charge in [-0.05, 0) is 25.5 Å². The van der Waals surface area contributed by atoms with Gasteiger partial charge in [-0.2, -0.15) is 0 Å². The Morgan fingerprint density at radius 3 is 2.82 bits per heavy atom. The lowest BCUT2D eigenvalue weighted by atomic mass is 10.00. The van der Waals surface area contributed by atoms with E-state index in [1.54, 1.807) is 0 Å². The van der Waals surface area contributed by atoms with Gasteiger partial charge in [-0.3, -0.25) is 4.90 Å². The van der Waals surface area contributed by atoms with Gasteiger partial charge in [-0.15, -0.1) is 0 Å². The van der Waals surface area contributed by atoms with Gasteiger partial charge < -0.3 is 10.5 Å². The number of rotatable bonds is 4. The second kappa shape index (κ2) is 6.15. The zero-order chi connectivity index (χ0) is 12.1. The van der Waals surface area contributed by atoms with Crippen molar-refractivity contribution < 1.29 is 4.74 Å². The summed E-state index contributed by atoms with van der Waals surface area (Å²) < 4.78 is 5.50. The van der Waals surface area contributed by atoms with Crippen LogP contribution in [-0.2, 0) is 4.74 Å². The maximum Gasteiger partial charge on any atom is 0.0620 e. The number of hydrogen-bond acceptors (Lipinski definition) is 3. The minimum absolute atomic E-state index is 0.431. The molecule has 1 saturated heterocycles. The van der Waals surface area contributed by atoms with Crippen molar-refractivity contribution in [3.8, 4) is 0 Å². The first-order valence-corrected chi connectivity index (χ1v) is 6.41. The van der Waals surface area contributed by atoms with Crippen LogP contribution in [0.2, 0.25) is 0 Å². The van der Waals surface area contributed by atoms with Crippen molar-refractivity contribution in [3.05, 3.63) is 35.9 Å². The standard InChI is InChI=1S/C14H22N2O/c1-12-11-17-10-9-16(12)14(7-8-15)13-5-3-2-4-6-13/h2-6,12,14H,7-11,15H2,1H3. The van der Waals surface area contributed by atoms with Gasteiger partial charge in [0.25, 0.3) is 0 Å². The maximum absolute atomic E-state index is 5.76. The summed E-state index contributed by atoms with van der Waals surface area (Å²) in [5.41, 5.74) is 7.13. The molecule has 2 rings (SSSR count). The van der Waals surface area contributed by atoms with Crippen LogP contribution in [0.5, 0.6) is 0 Å². The van der Waals surface area contributed by atoms with Crippen molar-refractivity contribution >= 4 is 0 Å². The highest BCUT2D eigenvalue weighted by atomic mass is 16.5. The van der Waals surface area contributed by atoms with Crippen molar-refractivity contribution in [2.24, 2.45) is 5.73 Å². The second-order valence-corrected chi connectivity index (χ2v) is 4.67. The summed E-state index contributed by atoms with van der Waals surface area (Å²) in [5.74, 6) is 0. The molecule has 1 aromatic rings. The van der Waals surface area contributed by atoms with Crippen LogP contribution >= 0.6 is 0 Å². The summed E-state index contributed by atoms with van der Waals surface area (Å²) >= 11 is 0. The summed E-state index contributed by atoms with van der Waals surface area (Å²) in [7, 11) is 0. The Labute approximate surface area is 104 Å². The third-order valence-electron chi connectivity index (χ3n) is 3.44. The summed E-state index contributed by atoms with van der Waals surface area (Å²) in [6.07, 6.45) is 1.01. The molecule has 1 aliphatic rings. The molecule has 2 unspecified atom stereocenters. The summed E-state index contributed by atoms with van der Waals surface area (Å²) in [5, 5.41) is 0. The topological polar surface area (TPSA) is 38.5 Å². The third-order valence-corrected chi connectivity index (χ3v) is 3.44. The molecule has 1 aliphatic heterocycles. The lowest BCUT2D eigenvalue weighted by Crippen LogP contribution is -2.46. The van der Waals surface area contributed by atoms with Gasteiger partial charge in [-0.25, -0.2) is 0 Å². The minimum Gasteiger partial charge on any atom is -0.379 e. The highest BCUT2D eigenvalue weighted by molar-refractivity contribution is 5.19. The Morgan fingerprint density at radius 1 is 1.41 bits per heavy atom. The van der Waals surface area contributed by atoms with Gasteiger partial charge in [0.2, 0.25) is 0 Å². The lowest BCUT2D eigenvalue weighted by Gasteiger charge is -2.39. The Morgan fingerprint density at radius 2 is 2.18 bits per heavy atom. The van der Waals surface area contributed by atoms with E-state index >= 15 is 0 Å². The molecule has 94 valence electrons. The van der Waals surface area contributed by atoms with E-state index in [1.807, 2.05) is 0 Å². The van der Waals surface area contributed by atoms with Crippen LogP contribution in [0.25, 0.3) is 0 Å². The van der Waals surface area contributed by atoms with Crippen molar-refractivity contribution in [2.75, 3.05) is 26.3 Å². The SMILES string of the molecule is CC1COCCN1C(CCN)c1ccccc1. The highest BCUT2D eigenvalue weighted by Gasteiger charge is 2.26. The van der Waals surface area contributed by atoms with Crippen LogP contribution in [0, 0.1) is 0 Å². The van der Waals surface area contributed by atoms with Crippen LogP contribution < -0.4 is 5.73 Å². The number of morpholine rings is 1. The van der Waals surface area contributed by atoms with E-state index in [-0.39, 0.29) is 0 Å². The molecule has 3 nitrogen and oxygen atoms in total. The maximum atomic E-state index is 5.76. The number of ether oxygens (including phenoxy) is 1. The van der Waals surface area contributed by atoms with E-state index in [4.69, 9.17) is 10.5 Å². The van der Waals surface area contributed by atoms with E-state index in [1.165, 1.54) is 5.56 Å². The van der Waals surface area contributed by atoms with Gasteiger partial charge in [0.15, 0.2) is 0 Å². The Bertz CT molecular complexity index is 328. The molecule has 2 N–H and O–H groups in total. The van der Waals surface area contributed by atoms with Crippen molar-refractivity contribution in [2.45, 2.75) is 25.4 Å². The van der Waals surface area contributed by atoms with Crippen LogP contribution in [0.1, 0.15) is 24.9 Å². The lowest BCUT2D eigenvalue weighted by molar-refractivity contribution is -0.0239. The first-order valence-electron chi connectivity index (χ1n) is 6.41. The molecule has 0 spiro atoms. The van der Waals surface area contributed by atoms with E-state index in [9.17, 15) is 0 Å². The molecule has 17 heavy (non-hydrogen) atoms. The van der Waals surface area contributed by atoms with Crippen molar-refractivity contribution in [3.63, 3.8) is 0 Å². The quantitative estimate of drug-likeness (QED) is 0.863. The Balaban J connectivity index is 2.16. The first-order chi connectivity index (χ1) is 8.33. The number of nitrogens with two attached hydrogens (primary N) is 1. The fourth-order valence-corrected chi connectivity index (χ4v) is 2.56. The van der Waals surface area contributed by atoms with E-state index in [0.717, 1.165) is 32.7 Å². The zero-order valence-electron chi connectivity index (χ0n) is 10.5. The highest BCUT2D eigenvalue weighted by Crippen LogP contribution is 2.27. The van der Waals surface area contributed by atoms with E-state index < -0.39 is 0 Å². The Kier molecular flexibility index (Phi) is 4.54. The molecule has 1 heterocycles. The van der Waals surface area contributed by atoms with Gasteiger partial charge in [-0.1, -0.05) is 30.3 Å². The molecule has 0 amide bonds. The average molecular weight is 234 g/mol. The van der Waals surface area contributed by atoms with Crippen LogP contribution in [0.3, 0.4) is 0 Å². The van der Waals surface area contributed by atoms with E-state index in [2.05, 4.69) is 42.2 Å². The van der Waals surface area contributed by atoms with Crippen LogP contribution in [0.4, 0.5) is 0 Å². The molecule has 1 fully saturated rings. The molecular weight excluding hydrogens is 212 g/mol. The predicted octanol–water partition coefficient (Wildman–Crippen LogP) is 1.80. The smallest absolute Gasteiger partial charge is 0.0620 e. The van der Waals surface area contributed by atoms with E-state index in [0.29, 0.717) is 12.1 Å². The number of nitrogens with zero attached hydrogens (tertiary/aromatic N) is 1. The van der Waals surface area contributed by atoms with Gasteiger partial charge in [0, 0.05) is 18.6 Å². The van der Waals surface area contributed by atoms with Crippen molar-refractivity contribution in [1.29, 1.82) is 0 Å². The van der Waals surface area contributed by atoms with Gasteiger partial charge in [0.1, 0.15) is 0 Å². The summed E-state index contributed by atoms with van der Waals surface area (Å²) in [4.78, 5) is 2.52. The number of hydrogen-bond donors (Lipinski definition) is 1. The summed E-state index contributed by atoms with van der Waals surface area (Å²) in [6, 6.07) is 11.6. The fraction of sp³-hybridized carbons (Fsp3) is 0.571. The average Bonchev–Trinajstić information content (AvgIpc) is 2.38. The monoisotopic (exact) mass is 234 g/mol. The molecule has 0 aromatic heterocycles. The molecular formula is C14H22N2O. The normalized spacial score (nSPS) is 23.5. The predicted molar refractivity (Wildman–Crippen MR) is 69.8 cm³/mol. The van der Waals surface area contributed by atoms with Crippen LogP contribution in [-0.4, -0.2) is 37.2 Å². The summed E-state index contributed by atoms with van der Waals surface area (Å²) in [6.45, 7) is 5.61.